The lowest BCUT2D eigenvalue weighted by molar-refractivity contribution is -0.122. The van der Waals surface area contributed by atoms with Gasteiger partial charge in [-0.15, -0.1) is 12.6 Å². The van der Waals surface area contributed by atoms with Gasteiger partial charge < -0.3 is 10.6 Å². The minimum absolute atomic E-state index is 0.00864. The molecule has 1 heterocycles. The zero-order chi connectivity index (χ0) is 13.1. The molecule has 0 radical (unpaired) electrons. The van der Waals surface area contributed by atoms with Crippen LogP contribution in [-0.2, 0) is 4.79 Å². The Kier molecular flexibility index (Phi) is 4.29. The molecule has 0 bridgehead atoms. The number of carbonyl (C=O) groups excluding carboxylic acids is 2. The summed E-state index contributed by atoms with van der Waals surface area (Å²) < 4.78 is 0.734. The van der Waals surface area contributed by atoms with Crippen LogP contribution in [0.4, 0.5) is 0 Å². The van der Waals surface area contributed by atoms with Gasteiger partial charge in [0.05, 0.1) is 5.56 Å². The van der Waals surface area contributed by atoms with Crippen LogP contribution < -0.4 is 10.6 Å². The van der Waals surface area contributed by atoms with E-state index in [1.54, 1.807) is 12.1 Å². The molecule has 0 saturated carbocycles. The molecule has 6 heteroatoms. The van der Waals surface area contributed by atoms with E-state index in [0.717, 1.165) is 9.37 Å². The van der Waals surface area contributed by atoms with Gasteiger partial charge in [-0.3, -0.25) is 9.59 Å². The molecule has 0 aliphatic carbocycles. The number of rotatable bonds is 2. The van der Waals surface area contributed by atoms with Gasteiger partial charge in [0.2, 0.25) is 5.91 Å². The number of piperidine rings is 1. The van der Waals surface area contributed by atoms with E-state index < -0.39 is 0 Å². The fourth-order valence-electron chi connectivity index (χ4n) is 1.81. The maximum absolute atomic E-state index is 12.1. The van der Waals surface area contributed by atoms with E-state index in [-0.39, 0.29) is 17.9 Å². The normalized spacial score (nSPS) is 19.2. The van der Waals surface area contributed by atoms with E-state index in [9.17, 15) is 9.59 Å². The molecule has 96 valence electrons. The molecule has 0 aromatic heterocycles. The third-order valence-corrected chi connectivity index (χ3v) is 3.76. The lowest BCUT2D eigenvalue weighted by Crippen LogP contribution is -2.47. The number of hydrogen-bond acceptors (Lipinski definition) is 3. The Bertz CT molecular complexity index is 483. The van der Waals surface area contributed by atoms with E-state index >= 15 is 0 Å². The predicted octanol–water partition coefficient (Wildman–Crippen LogP) is 1.75. The van der Waals surface area contributed by atoms with Crippen LogP contribution >= 0.6 is 28.6 Å². The second-order valence-electron chi connectivity index (χ2n) is 4.18. The largest absolute Gasteiger partial charge is 0.354 e. The highest BCUT2D eigenvalue weighted by Crippen LogP contribution is 2.20. The number of nitrogens with one attached hydrogen (secondary N) is 2. The summed E-state index contributed by atoms with van der Waals surface area (Å²) >= 11 is 7.56. The highest BCUT2D eigenvalue weighted by atomic mass is 79.9. The second kappa shape index (κ2) is 5.75. The zero-order valence-corrected chi connectivity index (χ0v) is 12.1. The summed E-state index contributed by atoms with van der Waals surface area (Å²) in [6, 6.07) is 5.31. The predicted molar refractivity (Wildman–Crippen MR) is 74.9 cm³/mol. The van der Waals surface area contributed by atoms with Gasteiger partial charge in [0.25, 0.3) is 5.91 Å². The average molecular weight is 329 g/mol. The van der Waals surface area contributed by atoms with Gasteiger partial charge in [-0.2, -0.15) is 0 Å². The summed E-state index contributed by atoms with van der Waals surface area (Å²) in [5.41, 5.74) is 0.555. The number of benzene rings is 1. The Morgan fingerprint density at radius 1 is 1.50 bits per heavy atom. The number of thiol groups is 1. The quantitative estimate of drug-likeness (QED) is 0.724. The van der Waals surface area contributed by atoms with Gasteiger partial charge in [0.1, 0.15) is 0 Å². The van der Waals surface area contributed by atoms with Crippen molar-refractivity contribution in [2.24, 2.45) is 0 Å². The first-order chi connectivity index (χ1) is 8.56. The average Bonchev–Trinajstić information content (AvgIpc) is 2.35. The zero-order valence-electron chi connectivity index (χ0n) is 9.57. The van der Waals surface area contributed by atoms with E-state index in [2.05, 4.69) is 39.2 Å². The number of carbonyl (C=O) groups is 2. The Morgan fingerprint density at radius 3 is 2.94 bits per heavy atom. The molecule has 0 spiro atoms. The number of halogens is 1. The third-order valence-electron chi connectivity index (χ3n) is 2.80. The molecule has 1 aromatic carbocycles. The fourth-order valence-corrected chi connectivity index (χ4v) is 2.44. The molecule has 2 rings (SSSR count). The van der Waals surface area contributed by atoms with Crippen LogP contribution in [0.1, 0.15) is 23.2 Å². The Labute approximate surface area is 119 Å². The topological polar surface area (TPSA) is 58.2 Å². The SMILES string of the molecule is O=C1CCC(NC(=O)c2cc(S)ccc2Br)CN1. The lowest BCUT2D eigenvalue weighted by Gasteiger charge is -2.23. The second-order valence-corrected chi connectivity index (χ2v) is 5.55. The van der Waals surface area contributed by atoms with Crippen molar-refractivity contribution in [3.8, 4) is 0 Å². The van der Waals surface area contributed by atoms with Gasteiger partial charge in [0, 0.05) is 28.4 Å². The molecule has 1 unspecified atom stereocenters. The highest BCUT2D eigenvalue weighted by molar-refractivity contribution is 9.10. The van der Waals surface area contributed by atoms with Crippen molar-refractivity contribution in [2.75, 3.05) is 6.54 Å². The first-order valence-electron chi connectivity index (χ1n) is 5.62. The van der Waals surface area contributed by atoms with Crippen molar-refractivity contribution >= 4 is 40.4 Å². The smallest absolute Gasteiger partial charge is 0.252 e. The van der Waals surface area contributed by atoms with E-state index in [1.807, 2.05) is 6.07 Å². The molecule has 1 fully saturated rings. The lowest BCUT2D eigenvalue weighted by atomic mass is 10.1. The summed E-state index contributed by atoms with van der Waals surface area (Å²) in [7, 11) is 0. The molecule has 1 atom stereocenters. The van der Waals surface area contributed by atoms with Crippen molar-refractivity contribution in [2.45, 2.75) is 23.8 Å². The Morgan fingerprint density at radius 2 is 2.28 bits per heavy atom. The minimum Gasteiger partial charge on any atom is -0.354 e. The summed E-state index contributed by atoms with van der Waals surface area (Å²) in [4.78, 5) is 23.8. The van der Waals surface area contributed by atoms with Crippen LogP contribution in [0.25, 0.3) is 0 Å². The van der Waals surface area contributed by atoms with Crippen molar-refractivity contribution in [3.63, 3.8) is 0 Å². The Hall–Kier alpha value is -1.01. The van der Waals surface area contributed by atoms with E-state index in [0.29, 0.717) is 24.9 Å². The summed E-state index contributed by atoms with van der Waals surface area (Å²) in [5, 5.41) is 5.64. The van der Waals surface area contributed by atoms with Crippen LogP contribution in [-0.4, -0.2) is 24.4 Å². The van der Waals surface area contributed by atoms with Gasteiger partial charge >= 0.3 is 0 Å². The molecule has 2 amide bonds. The third kappa shape index (κ3) is 3.26. The first-order valence-corrected chi connectivity index (χ1v) is 6.86. The maximum Gasteiger partial charge on any atom is 0.252 e. The molecule has 1 aliphatic heterocycles. The van der Waals surface area contributed by atoms with Crippen LogP contribution in [0, 0.1) is 0 Å². The van der Waals surface area contributed by atoms with Crippen LogP contribution in [0.5, 0.6) is 0 Å². The van der Waals surface area contributed by atoms with Crippen LogP contribution in [0.15, 0.2) is 27.6 Å². The summed E-state index contributed by atoms with van der Waals surface area (Å²) in [5.74, 6) is -0.113. The minimum atomic E-state index is -0.154. The molecule has 2 N–H and O–H groups in total. The van der Waals surface area contributed by atoms with Gasteiger partial charge in [-0.25, -0.2) is 0 Å². The Balaban J connectivity index is 2.03. The standard InChI is InChI=1S/C12H13BrN2O2S/c13-10-3-2-8(18)5-9(10)12(17)15-7-1-4-11(16)14-6-7/h2-3,5,7,18H,1,4,6H2,(H,14,16)(H,15,17). The molecule has 4 nitrogen and oxygen atoms in total. The number of amides is 2. The summed E-state index contributed by atoms with van der Waals surface area (Å²) in [6.45, 7) is 0.489. The summed E-state index contributed by atoms with van der Waals surface area (Å²) in [6.07, 6.45) is 1.13. The molecule has 1 aliphatic rings. The highest BCUT2D eigenvalue weighted by Gasteiger charge is 2.21. The maximum atomic E-state index is 12.1. The molecular weight excluding hydrogens is 316 g/mol. The molecular formula is C12H13BrN2O2S. The van der Waals surface area contributed by atoms with E-state index in [1.165, 1.54) is 0 Å². The number of hydrogen-bond donors (Lipinski definition) is 3. The van der Waals surface area contributed by atoms with Crippen molar-refractivity contribution in [1.82, 2.24) is 10.6 Å². The molecule has 18 heavy (non-hydrogen) atoms. The molecule has 1 aromatic rings. The molecule has 1 saturated heterocycles. The monoisotopic (exact) mass is 328 g/mol. The van der Waals surface area contributed by atoms with Crippen molar-refractivity contribution < 1.29 is 9.59 Å². The van der Waals surface area contributed by atoms with E-state index in [4.69, 9.17) is 0 Å². The van der Waals surface area contributed by atoms with Crippen molar-refractivity contribution in [3.05, 3.63) is 28.2 Å². The van der Waals surface area contributed by atoms with Gasteiger partial charge in [0.15, 0.2) is 0 Å². The van der Waals surface area contributed by atoms with Gasteiger partial charge in [-0.05, 0) is 40.5 Å². The first kappa shape index (κ1) is 13.4. The van der Waals surface area contributed by atoms with Crippen molar-refractivity contribution in [1.29, 1.82) is 0 Å². The van der Waals surface area contributed by atoms with Gasteiger partial charge in [-0.1, -0.05) is 0 Å². The van der Waals surface area contributed by atoms with Crippen LogP contribution in [0.3, 0.4) is 0 Å². The fraction of sp³-hybridized carbons (Fsp3) is 0.333. The van der Waals surface area contributed by atoms with Crippen LogP contribution in [0.2, 0.25) is 0 Å².